The first-order valence-electron chi connectivity index (χ1n) is 6.67. The first kappa shape index (κ1) is 14.8. The number of pyridine rings is 1. The number of nitrogens with one attached hydrogen (secondary N) is 1. The Morgan fingerprint density at radius 3 is 2.64 bits per heavy atom. The number of anilines is 2. The maximum atomic E-state index is 11.7. The zero-order valence-corrected chi connectivity index (χ0v) is 13.2. The highest BCUT2D eigenvalue weighted by atomic mass is 35.5. The maximum absolute atomic E-state index is 11.7. The monoisotopic (exact) mass is 330 g/mol. The van der Waals surface area contributed by atoms with Gasteiger partial charge in [-0.05, 0) is 37.3 Å². The second kappa shape index (κ2) is 5.95. The van der Waals surface area contributed by atoms with Crippen molar-refractivity contribution in [3.05, 3.63) is 64.1 Å². The molecule has 1 heterocycles. The number of carbonyl (C=O) groups is 1. The third-order valence-corrected chi connectivity index (χ3v) is 3.84. The molecular formula is C17H12Cl2N2O. The minimum Gasteiger partial charge on any atom is -0.340 e. The lowest BCUT2D eigenvalue weighted by Gasteiger charge is -2.11. The van der Waals surface area contributed by atoms with Gasteiger partial charge in [-0.15, -0.1) is 0 Å². The predicted molar refractivity (Wildman–Crippen MR) is 91.5 cm³/mol. The van der Waals surface area contributed by atoms with Gasteiger partial charge in [0.05, 0.1) is 16.2 Å². The number of nitrogens with zero attached hydrogens (tertiary/aromatic N) is 1. The van der Waals surface area contributed by atoms with Crippen LogP contribution in [0, 0.1) is 0 Å². The first-order valence-corrected chi connectivity index (χ1v) is 7.43. The van der Waals surface area contributed by atoms with Gasteiger partial charge in [-0.25, -0.2) is 4.98 Å². The molecule has 0 aliphatic heterocycles. The van der Waals surface area contributed by atoms with Gasteiger partial charge in [0.15, 0.2) is 5.78 Å². The summed E-state index contributed by atoms with van der Waals surface area (Å²) in [6, 6.07) is 14.4. The van der Waals surface area contributed by atoms with Gasteiger partial charge in [-0.1, -0.05) is 35.3 Å². The highest BCUT2D eigenvalue weighted by Crippen LogP contribution is 2.29. The predicted octanol–water partition coefficient (Wildman–Crippen LogP) is 5.49. The minimum atomic E-state index is -0.0123. The number of rotatable bonds is 3. The van der Waals surface area contributed by atoms with Gasteiger partial charge < -0.3 is 5.32 Å². The lowest BCUT2D eigenvalue weighted by Crippen LogP contribution is -2.01. The van der Waals surface area contributed by atoms with Gasteiger partial charge in [0.1, 0.15) is 5.82 Å². The summed E-state index contributed by atoms with van der Waals surface area (Å²) < 4.78 is 0. The van der Waals surface area contributed by atoms with E-state index in [0.29, 0.717) is 27.1 Å². The van der Waals surface area contributed by atoms with Crippen LogP contribution < -0.4 is 5.32 Å². The van der Waals surface area contributed by atoms with Gasteiger partial charge in [-0.3, -0.25) is 4.79 Å². The molecule has 0 radical (unpaired) electrons. The molecule has 3 nitrogen and oxygen atoms in total. The van der Waals surface area contributed by atoms with Crippen molar-refractivity contribution in [3.8, 4) is 0 Å². The second-order valence-corrected chi connectivity index (χ2v) is 5.72. The summed E-state index contributed by atoms with van der Waals surface area (Å²) in [7, 11) is 0. The van der Waals surface area contributed by atoms with Crippen molar-refractivity contribution >= 4 is 51.4 Å². The molecular weight excluding hydrogens is 319 g/mol. The second-order valence-electron chi connectivity index (χ2n) is 4.88. The Balaban J connectivity index is 2.05. The van der Waals surface area contributed by atoms with Crippen LogP contribution in [0.15, 0.2) is 48.5 Å². The van der Waals surface area contributed by atoms with Crippen LogP contribution in [0.2, 0.25) is 10.0 Å². The maximum Gasteiger partial charge on any atom is 0.161 e. The largest absolute Gasteiger partial charge is 0.340 e. The molecule has 22 heavy (non-hydrogen) atoms. The van der Waals surface area contributed by atoms with E-state index in [1.165, 1.54) is 6.92 Å². The van der Waals surface area contributed by atoms with E-state index in [1.807, 2.05) is 24.3 Å². The van der Waals surface area contributed by atoms with Crippen LogP contribution in [-0.4, -0.2) is 10.8 Å². The average Bonchev–Trinajstić information content (AvgIpc) is 2.48. The van der Waals surface area contributed by atoms with Gasteiger partial charge in [0.2, 0.25) is 0 Å². The summed E-state index contributed by atoms with van der Waals surface area (Å²) in [6.45, 7) is 1.53. The Hall–Kier alpha value is -2.10. The fourth-order valence-corrected chi connectivity index (χ4v) is 2.68. The molecule has 1 N–H and O–H groups in total. The van der Waals surface area contributed by atoms with Crippen LogP contribution in [0.5, 0.6) is 0 Å². The number of benzene rings is 2. The lowest BCUT2D eigenvalue weighted by atomic mass is 10.1. The van der Waals surface area contributed by atoms with Crippen molar-refractivity contribution in [1.29, 1.82) is 0 Å². The van der Waals surface area contributed by atoms with Crippen molar-refractivity contribution in [2.45, 2.75) is 6.92 Å². The smallest absolute Gasteiger partial charge is 0.161 e. The van der Waals surface area contributed by atoms with Crippen LogP contribution in [0.25, 0.3) is 10.9 Å². The van der Waals surface area contributed by atoms with E-state index in [4.69, 9.17) is 23.2 Å². The number of hydrogen-bond donors (Lipinski definition) is 1. The summed E-state index contributed by atoms with van der Waals surface area (Å²) >= 11 is 12.3. The summed E-state index contributed by atoms with van der Waals surface area (Å²) in [5, 5.41) is 5.10. The molecule has 5 heteroatoms. The molecule has 0 atom stereocenters. The molecule has 110 valence electrons. The van der Waals surface area contributed by atoms with Gasteiger partial charge in [0, 0.05) is 22.0 Å². The highest BCUT2D eigenvalue weighted by Gasteiger charge is 2.09. The zero-order valence-electron chi connectivity index (χ0n) is 11.7. The number of carbonyl (C=O) groups excluding carboxylic acids is 1. The number of aromatic nitrogens is 1. The first-order chi connectivity index (χ1) is 10.5. The lowest BCUT2D eigenvalue weighted by molar-refractivity contribution is 0.101. The Morgan fingerprint density at radius 1 is 1.09 bits per heavy atom. The van der Waals surface area contributed by atoms with E-state index in [1.54, 1.807) is 24.3 Å². The number of hydrogen-bond acceptors (Lipinski definition) is 3. The van der Waals surface area contributed by atoms with E-state index >= 15 is 0 Å². The summed E-state index contributed by atoms with van der Waals surface area (Å²) in [6.07, 6.45) is 0. The molecule has 1 aromatic heterocycles. The van der Waals surface area contributed by atoms with Gasteiger partial charge in [-0.2, -0.15) is 0 Å². The normalized spacial score (nSPS) is 10.7. The Kier molecular flexibility index (Phi) is 4.01. The third-order valence-electron chi connectivity index (χ3n) is 3.29. The van der Waals surface area contributed by atoms with E-state index in [-0.39, 0.29) is 5.78 Å². The standard InChI is InChI=1S/C17H12Cl2N2O/c1-10(22)12-4-2-3-5-15(12)20-17-9-14(19)13-8-11(18)6-7-16(13)21-17/h2-9H,1H3,(H,20,21). The molecule has 2 aromatic carbocycles. The minimum absolute atomic E-state index is 0.0123. The number of para-hydroxylation sites is 1. The molecule has 0 spiro atoms. The van der Waals surface area contributed by atoms with Crippen LogP contribution >= 0.6 is 23.2 Å². The molecule has 3 aromatic rings. The summed E-state index contributed by atoms with van der Waals surface area (Å²) in [5.74, 6) is 0.565. The van der Waals surface area contributed by atoms with Crippen molar-refractivity contribution in [2.24, 2.45) is 0 Å². The number of halogens is 2. The molecule has 0 fully saturated rings. The summed E-state index contributed by atoms with van der Waals surface area (Å²) in [4.78, 5) is 16.2. The average molecular weight is 331 g/mol. The number of ketones is 1. The van der Waals surface area contributed by atoms with Crippen molar-refractivity contribution in [1.82, 2.24) is 4.98 Å². The Bertz CT molecular complexity index is 878. The quantitative estimate of drug-likeness (QED) is 0.646. The van der Waals surface area contributed by atoms with E-state index in [2.05, 4.69) is 10.3 Å². The van der Waals surface area contributed by atoms with Crippen LogP contribution in [0.1, 0.15) is 17.3 Å². The Labute approximate surface area is 137 Å². The van der Waals surface area contributed by atoms with E-state index in [9.17, 15) is 4.79 Å². The molecule has 0 bridgehead atoms. The van der Waals surface area contributed by atoms with Crippen molar-refractivity contribution < 1.29 is 4.79 Å². The molecule has 0 saturated heterocycles. The molecule has 0 amide bonds. The van der Waals surface area contributed by atoms with Crippen LogP contribution in [0.4, 0.5) is 11.5 Å². The van der Waals surface area contributed by atoms with Crippen LogP contribution in [0.3, 0.4) is 0 Å². The molecule has 0 unspecified atom stereocenters. The van der Waals surface area contributed by atoms with Gasteiger partial charge >= 0.3 is 0 Å². The van der Waals surface area contributed by atoms with E-state index in [0.717, 1.165) is 10.9 Å². The number of fused-ring (bicyclic) bond motifs is 1. The summed E-state index contributed by atoms with van der Waals surface area (Å²) in [5.41, 5.74) is 2.04. The van der Waals surface area contributed by atoms with E-state index < -0.39 is 0 Å². The molecule has 0 saturated carbocycles. The zero-order chi connectivity index (χ0) is 15.7. The number of Topliss-reactive ketones (excluding diaryl/α,β-unsaturated/α-hetero) is 1. The van der Waals surface area contributed by atoms with Crippen LogP contribution in [-0.2, 0) is 0 Å². The van der Waals surface area contributed by atoms with Crippen molar-refractivity contribution in [3.63, 3.8) is 0 Å². The molecule has 0 aliphatic carbocycles. The highest BCUT2D eigenvalue weighted by molar-refractivity contribution is 6.37. The molecule has 3 rings (SSSR count). The topological polar surface area (TPSA) is 42.0 Å². The van der Waals surface area contributed by atoms with Gasteiger partial charge in [0.25, 0.3) is 0 Å². The third kappa shape index (κ3) is 2.91. The van der Waals surface area contributed by atoms with Crippen molar-refractivity contribution in [2.75, 3.05) is 5.32 Å². The fraction of sp³-hybridized carbons (Fsp3) is 0.0588. The SMILES string of the molecule is CC(=O)c1ccccc1Nc1cc(Cl)c2cc(Cl)ccc2n1. The molecule has 0 aliphatic rings. The Morgan fingerprint density at radius 2 is 1.86 bits per heavy atom. The fourth-order valence-electron chi connectivity index (χ4n) is 2.26.